The molecule has 0 saturated carbocycles. The number of ether oxygens (including phenoxy) is 4. The van der Waals surface area contributed by atoms with Crippen molar-refractivity contribution in [2.24, 2.45) is 0 Å². The van der Waals surface area contributed by atoms with Gasteiger partial charge in [0.1, 0.15) is 25.6 Å². The number of hydrogen-bond acceptors (Lipinski definition) is 9. The minimum Gasteiger partial charge on any atom is -0.489 e. The van der Waals surface area contributed by atoms with Gasteiger partial charge in [0, 0.05) is 19.2 Å². The molecule has 0 N–H and O–H groups in total. The average Bonchev–Trinajstić information content (AvgIpc) is 2.88. The molecule has 36 heavy (non-hydrogen) atoms. The van der Waals surface area contributed by atoms with Crippen LogP contribution in [0.2, 0.25) is 0 Å². The van der Waals surface area contributed by atoms with Crippen molar-refractivity contribution in [1.29, 1.82) is 0 Å². The molecule has 3 rings (SSSR count). The van der Waals surface area contributed by atoms with E-state index < -0.39 is 9.85 Å². The highest BCUT2D eigenvalue weighted by atomic mass is 16.6. The van der Waals surface area contributed by atoms with Gasteiger partial charge in [-0.15, -0.1) is 0 Å². The van der Waals surface area contributed by atoms with Crippen molar-refractivity contribution in [3.05, 3.63) is 93.0 Å². The first-order chi connectivity index (χ1) is 17.5. The van der Waals surface area contributed by atoms with Crippen LogP contribution in [0.5, 0.6) is 17.2 Å². The van der Waals surface area contributed by atoms with Gasteiger partial charge >= 0.3 is 11.4 Å². The highest BCUT2D eigenvalue weighted by molar-refractivity contribution is 5.58. The molecule has 11 nitrogen and oxygen atoms in total. The van der Waals surface area contributed by atoms with Gasteiger partial charge in [-0.25, -0.2) is 0 Å². The minimum atomic E-state index is -0.493. The summed E-state index contributed by atoms with van der Waals surface area (Å²) in [5.74, 6) is 0.956. The van der Waals surface area contributed by atoms with Crippen molar-refractivity contribution in [3.63, 3.8) is 0 Å². The fourth-order valence-electron chi connectivity index (χ4n) is 3.42. The molecular weight excluding hydrogens is 470 g/mol. The maximum Gasteiger partial charge on any atom is 0.310 e. The minimum absolute atomic E-state index is 0.118. The van der Waals surface area contributed by atoms with Crippen molar-refractivity contribution in [2.45, 2.75) is 0 Å². The van der Waals surface area contributed by atoms with Gasteiger partial charge in [0.15, 0.2) is 11.5 Å². The van der Waals surface area contributed by atoms with Crippen molar-refractivity contribution in [3.8, 4) is 17.2 Å². The van der Waals surface area contributed by atoms with Gasteiger partial charge in [-0.2, -0.15) is 0 Å². The first-order valence-corrected chi connectivity index (χ1v) is 11.2. The molecule has 0 fully saturated rings. The Morgan fingerprint density at radius 2 is 1.08 bits per heavy atom. The Labute approximate surface area is 208 Å². The average molecular weight is 498 g/mol. The molecule has 3 aromatic carbocycles. The van der Waals surface area contributed by atoms with E-state index in [-0.39, 0.29) is 36.1 Å². The van der Waals surface area contributed by atoms with Crippen LogP contribution in [0, 0.1) is 20.2 Å². The third-order valence-electron chi connectivity index (χ3n) is 5.11. The number of nitro benzene ring substituents is 2. The van der Waals surface area contributed by atoms with Crippen molar-refractivity contribution < 1.29 is 28.8 Å². The van der Waals surface area contributed by atoms with E-state index in [0.717, 1.165) is 5.69 Å². The van der Waals surface area contributed by atoms with Crippen molar-refractivity contribution in [2.75, 3.05) is 51.5 Å². The molecule has 190 valence electrons. The lowest BCUT2D eigenvalue weighted by Crippen LogP contribution is -2.33. The molecule has 0 aliphatic carbocycles. The molecule has 0 unspecified atom stereocenters. The quantitative estimate of drug-likeness (QED) is 0.169. The molecule has 0 radical (unpaired) electrons. The fraction of sp³-hybridized carbons (Fsp3) is 0.280. The number of anilines is 1. The maximum absolute atomic E-state index is 11.3. The number of nitrogens with zero attached hydrogens (tertiary/aromatic N) is 3. The predicted octanol–water partition coefficient (Wildman–Crippen LogP) is 4.49. The van der Waals surface area contributed by atoms with Gasteiger partial charge in [0.2, 0.25) is 0 Å². The van der Waals surface area contributed by atoms with E-state index in [0.29, 0.717) is 32.1 Å². The van der Waals surface area contributed by atoms with Crippen LogP contribution in [-0.4, -0.2) is 56.5 Å². The maximum atomic E-state index is 11.3. The van der Waals surface area contributed by atoms with E-state index in [2.05, 4.69) is 0 Å². The second-order valence-corrected chi connectivity index (χ2v) is 7.44. The molecule has 3 aromatic rings. The lowest BCUT2D eigenvalue weighted by Gasteiger charge is -2.27. The summed E-state index contributed by atoms with van der Waals surface area (Å²) in [7, 11) is 1.59. The summed E-state index contributed by atoms with van der Waals surface area (Å²) in [6.07, 6.45) is 0. The molecule has 0 spiro atoms. The van der Waals surface area contributed by atoms with Crippen LogP contribution in [0.25, 0.3) is 0 Å². The summed E-state index contributed by atoms with van der Waals surface area (Å²) < 4.78 is 22.4. The Hall–Kier alpha value is -4.38. The largest absolute Gasteiger partial charge is 0.489 e. The highest BCUT2D eigenvalue weighted by Crippen LogP contribution is 2.30. The predicted molar refractivity (Wildman–Crippen MR) is 133 cm³/mol. The number of hydrogen-bond donors (Lipinski definition) is 0. The number of para-hydroxylation sites is 6. The Morgan fingerprint density at radius 3 is 1.58 bits per heavy atom. The molecule has 0 atom stereocenters. The van der Waals surface area contributed by atoms with Gasteiger partial charge < -0.3 is 23.8 Å². The summed E-state index contributed by atoms with van der Waals surface area (Å²) in [4.78, 5) is 23.5. The molecule has 0 aliphatic heterocycles. The van der Waals surface area contributed by atoms with E-state index in [4.69, 9.17) is 18.9 Å². The molecule has 0 amide bonds. The van der Waals surface area contributed by atoms with Crippen LogP contribution < -0.4 is 19.1 Å². The summed E-state index contributed by atoms with van der Waals surface area (Å²) in [6, 6.07) is 19.7. The van der Waals surface area contributed by atoms with Crippen molar-refractivity contribution >= 4 is 17.1 Å². The summed E-state index contributed by atoms with van der Waals surface area (Å²) in [5.41, 5.74) is 0.519. The van der Waals surface area contributed by atoms with Crippen LogP contribution in [0.4, 0.5) is 17.1 Å². The van der Waals surface area contributed by atoms with Crippen LogP contribution >= 0.6 is 0 Å². The summed E-state index contributed by atoms with van der Waals surface area (Å²) in [5, 5.41) is 22.6. The standard InChI is InChI=1S/C25H27N3O8/c1-33-18-19-36-23-11-5-2-8-20(23)26(14-16-34-24-12-6-3-9-21(24)27(29)30)15-17-35-25-13-7-4-10-22(25)28(31)32/h2-13H,14-19H2,1H3. The van der Waals surface area contributed by atoms with Crippen LogP contribution in [0.3, 0.4) is 0 Å². The SMILES string of the molecule is COCCOc1ccccc1N(CCOc1ccccc1[N+](=O)[O-])CCOc1ccccc1[N+](=O)[O-]. The van der Waals surface area contributed by atoms with Gasteiger partial charge in [-0.3, -0.25) is 20.2 Å². The number of rotatable bonds is 15. The Bertz CT molecular complexity index is 1090. The topological polar surface area (TPSA) is 126 Å². The molecule has 0 aliphatic rings. The number of methoxy groups -OCH3 is 1. The third kappa shape index (κ3) is 7.31. The molecular formula is C25H27N3O8. The molecule has 0 heterocycles. The first-order valence-electron chi connectivity index (χ1n) is 11.2. The monoisotopic (exact) mass is 497 g/mol. The van der Waals surface area contributed by atoms with Crippen molar-refractivity contribution in [1.82, 2.24) is 0 Å². The van der Waals surface area contributed by atoms with E-state index in [9.17, 15) is 20.2 Å². The van der Waals surface area contributed by atoms with Gasteiger partial charge in [0.25, 0.3) is 0 Å². The zero-order valence-electron chi connectivity index (χ0n) is 19.8. The smallest absolute Gasteiger partial charge is 0.310 e. The Kier molecular flexibility index (Phi) is 9.83. The normalized spacial score (nSPS) is 10.5. The number of nitro groups is 2. The Balaban J connectivity index is 1.74. The zero-order valence-corrected chi connectivity index (χ0v) is 19.8. The third-order valence-corrected chi connectivity index (χ3v) is 5.11. The van der Waals surface area contributed by atoms with Crippen LogP contribution in [-0.2, 0) is 4.74 Å². The zero-order chi connectivity index (χ0) is 25.8. The lowest BCUT2D eigenvalue weighted by molar-refractivity contribution is -0.386. The van der Waals surface area contributed by atoms with E-state index in [1.807, 2.05) is 29.2 Å². The molecule has 0 bridgehead atoms. The van der Waals surface area contributed by atoms with Gasteiger partial charge in [-0.1, -0.05) is 36.4 Å². The summed E-state index contributed by atoms with van der Waals surface area (Å²) in [6.45, 7) is 1.73. The van der Waals surface area contributed by atoms with E-state index >= 15 is 0 Å². The fourth-order valence-corrected chi connectivity index (χ4v) is 3.42. The second-order valence-electron chi connectivity index (χ2n) is 7.44. The van der Waals surface area contributed by atoms with Crippen LogP contribution in [0.15, 0.2) is 72.8 Å². The highest BCUT2D eigenvalue weighted by Gasteiger charge is 2.18. The Morgan fingerprint density at radius 1 is 0.639 bits per heavy atom. The number of benzene rings is 3. The van der Waals surface area contributed by atoms with Gasteiger partial charge in [0.05, 0.1) is 35.2 Å². The molecule has 0 aromatic heterocycles. The van der Waals surface area contributed by atoms with E-state index in [1.54, 1.807) is 43.5 Å². The lowest BCUT2D eigenvalue weighted by atomic mass is 10.2. The first kappa shape index (κ1) is 26.2. The summed E-state index contributed by atoms with van der Waals surface area (Å²) >= 11 is 0. The van der Waals surface area contributed by atoms with E-state index in [1.165, 1.54) is 12.1 Å². The molecule has 0 saturated heterocycles. The molecule has 11 heteroatoms. The van der Waals surface area contributed by atoms with Gasteiger partial charge in [-0.05, 0) is 24.3 Å². The second kappa shape index (κ2) is 13.5. The van der Waals surface area contributed by atoms with Crippen LogP contribution in [0.1, 0.15) is 0 Å².